The Morgan fingerprint density at radius 2 is 1.84 bits per heavy atom. The van der Waals surface area contributed by atoms with E-state index in [2.05, 4.69) is 30.3 Å². The molecule has 0 bridgehead atoms. The lowest BCUT2D eigenvalue weighted by Gasteiger charge is -2.37. The van der Waals surface area contributed by atoms with Crippen LogP contribution in [0.25, 0.3) is 0 Å². The summed E-state index contributed by atoms with van der Waals surface area (Å²) in [6.45, 7) is 5.97. The zero-order valence-corrected chi connectivity index (χ0v) is 14.9. The van der Waals surface area contributed by atoms with E-state index in [-0.39, 0.29) is 5.82 Å². The van der Waals surface area contributed by atoms with Gasteiger partial charge in [-0.3, -0.25) is 4.99 Å². The van der Waals surface area contributed by atoms with Gasteiger partial charge in [0.1, 0.15) is 11.6 Å². The van der Waals surface area contributed by atoms with Gasteiger partial charge in [0.25, 0.3) is 0 Å². The van der Waals surface area contributed by atoms with Crippen molar-refractivity contribution in [3.8, 4) is 0 Å². The van der Waals surface area contributed by atoms with Gasteiger partial charge in [0, 0.05) is 46.0 Å². The molecule has 8 heteroatoms. The van der Waals surface area contributed by atoms with Crippen LogP contribution in [0.15, 0.2) is 29.3 Å². The second-order valence-corrected chi connectivity index (χ2v) is 6.07. The molecule has 1 aliphatic rings. The average Bonchev–Trinajstić information content (AvgIpc) is 2.95. The standard InChI is InChI=1S/C17H24FN7/c1-13-21-22-16(23(13)3)12-20-17(19-2)25-10-8-24(9-11-25)15-6-4-14(18)5-7-15/h4-7H,8-12H2,1-3H3,(H,19,20). The SMILES string of the molecule is CN=C(NCc1nnc(C)n1C)N1CCN(c2ccc(F)cc2)CC1. The van der Waals surface area contributed by atoms with E-state index in [1.54, 1.807) is 7.05 Å². The number of piperazine rings is 1. The molecule has 3 rings (SSSR count). The lowest BCUT2D eigenvalue weighted by molar-refractivity contribution is 0.371. The molecule has 0 saturated carbocycles. The van der Waals surface area contributed by atoms with E-state index in [0.717, 1.165) is 49.5 Å². The van der Waals surface area contributed by atoms with Gasteiger partial charge >= 0.3 is 0 Å². The summed E-state index contributed by atoms with van der Waals surface area (Å²) in [7, 11) is 3.74. The third-order valence-electron chi connectivity index (χ3n) is 4.57. The molecule has 1 aromatic heterocycles. The summed E-state index contributed by atoms with van der Waals surface area (Å²) < 4.78 is 15.0. The van der Waals surface area contributed by atoms with E-state index in [1.165, 1.54) is 12.1 Å². The maximum Gasteiger partial charge on any atom is 0.194 e. The Bertz CT molecular complexity index is 730. The van der Waals surface area contributed by atoms with Crippen LogP contribution in [0.3, 0.4) is 0 Å². The second kappa shape index (κ2) is 7.50. The van der Waals surface area contributed by atoms with Crippen LogP contribution >= 0.6 is 0 Å². The van der Waals surface area contributed by atoms with Crippen LogP contribution in [0.2, 0.25) is 0 Å². The highest BCUT2D eigenvalue weighted by molar-refractivity contribution is 5.80. The number of aryl methyl sites for hydroxylation is 1. The lowest BCUT2D eigenvalue weighted by Crippen LogP contribution is -2.52. The molecule has 134 valence electrons. The Balaban J connectivity index is 1.55. The van der Waals surface area contributed by atoms with Gasteiger partial charge in [-0.05, 0) is 31.2 Å². The summed E-state index contributed by atoms with van der Waals surface area (Å²) in [5.74, 6) is 2.42. The number of halogens is 1. The predicted octanol–water partition coefficient (Wildman–Crippen LogP) is 1.16. The topological polar surface area (TPSA) is 61.6 Å². The number of aliphatic imine (C=N–C) groups is 1. The molecule has 2 aromatic rings. The number of anilines is 1. The first-order valence-corrected chi connectivity index (χ1v) is 8.39. The fourth-order valence-electron chi connectivity index (χ4n) is 2.92. The molecule has 0 atom stereocenters. The molecular formula is C17H24FN7. The molecule has 25 heavy (non-hydrogen) atoms. The van der Waals surface area contributed by atoms with Crippen molar-refractivity contribution in [2.75, 3.05) is 38.1 Å². The predicted molar refractivity (Wildman–Crippen MR) is 96.1 cm³/mol. The minimum Gasteiger partial charge on any atom is -0.368 e. The fourth-order valence-corrected chi connectivity index (χ4v) is 2.92. The number of rotatable bonds is 3. The van der Waals surface area contributed by atoms with Crippen molar-refractivity contribution in [2.45, 2.75) is 13.5 Å². The van der Waals surface area contributed by atoms with E-state index in [9.17, 15) is 4.39 Å². The van der Waals surface area contributed by atoms with Gasteiger partial charge in [-0.15, -0.1) is 10.2 Å². The molecule has 0 amide bonds. The zero-order valence-electron chi connectivity index (χ0n) is 14.9. The van der Waals surface area contributed by atoms with Gasteiger partial charge in [-0.2, -0.15) is 0 Å². The monoisotopic (exact) mass is 345 g/mol. The highest BCUT2D eigenvalue weighted by Gasteiger charge is 2.20. The molecule has 1 fully saturated rings. The lowest BCUT2D eigenvalue weighted by atomic mass is 10.2. The van der Waals surface area contributed by atoms with Crippen molar-refractivity contribution < 1.29 is 4.39 Å². The number of nitrogens with one attached hydrogen (secondary N) is 1. The van der Waals surface area contributed by atoms with Gasteiger partial charge in [0.05, 0.1) is 6.54 Å². The summed E-state index contributed by atoms with van der Waals surface area (Å²) in [5.41, 5.74) is 1.05. The highest BCUT2D eigenvalue weighted by atomic mass is 19.1. The Hall–Kier alpha value is -2.64. The van der Waals surface area contributed by atoms with Crippen LogP contribution in [0.4, 0.5) is 10.1 Å². The second-order valence-electron chi connectivity index (χ2n) is 6.07. The normalized spacial score (nSPS) is 15.6. The number of hydrogen-bond donors (Lipinski definition) is 1. The number of aromatic nitrogens is 3. The summed E-state index contributed by atoms with van der Waals surface area (Å²) >= 11 is 0. The molecule has 0 aliphatic carbocycles. The van der Waals surface area contributed by atoms with Gasteiger partial charge in [-0.25, -0.2) is 4.39 Å². The molecule has 7 nitrogen and oxygen atoms in total. The van der Waals surface area contributed by atoms with Crippen LogP contribution in [0.1, 0.15) is 11.6 Å². The van der Waals surface area contributed by atoms with E-state index in [0.29, 0.717) is 6.54 Å². The number of benzene rings is 1. The van der Waals surface area contributed by atoms with Crippen molar-refractivity contribution in [1.82, 2.24) is 25.0 Å². The van der Waals surface area contributed by atoms with Crippen LogP contribution in [0, 0.1) is 12.7 Å². The molecule has 1 saturated heterocycles. The molecule has 1 aromatic carbocycles. The van der Waals surface area contributed by atoms with Crippen LogP contribution in [-0.4, -0.2) is 58.9 Å². The summed E-state index contributed by atoms with van der Waals surface area (Å²) in [4.78, 5) is 8.86. The molecule has 0 radical (unpaired) electrons. The maximum absolute atomic E-state index is 13.1. The maximum atomic E-state index is 13.1. The Morgan fingerprint density at radius 3 is 2.40 bits per heavy atom. The first-order valence-electron chi connectivity index (χ1n) is 8.39. The van der Waals surface area contributed by atoms with Gasteiger partial charge in [0.2, 0.25) is 0 Å². The van der Waals surface area contributed by atoms with E-state index in [1.807, 2.05) is 30.7 Å². The van der Waals surface area contributed by atoms with E-state index >= 15 is 0 Å². The summed E-state index contributed by atoms with van der Waals surface area (Å²) in [6, 6.07) is 6.67. The van der Waals surface area contributed by atoms with Gasteiger partial charge in [-0.1, -0.05) is 0 Å². The smallest absolute Gasteiger partial charge is 0.194 e. The molecular weight excluding hydrogens is 321 g/mol. The first kappa shape index (κ1) is 17.2. The zero-order chi connectivity index (χ0) is 17.8. The average molecular weight is 345 g/mol. The Labute approximate surface area is 147 Å². The number of hydrogen-bond acceptors (Lipinski definition) is 4. The minimum absolute atomic E-state index is 0.203. The van der Waals surface area contributed by atoms with E-state index in [4.69, 9.17) is 0 Å². The van der Waals surface area contributed by atoms with Crippen molar-refractivity contribution in [1.29, 1.82) is 0 Å². The van der Waals surface area contributed by atoms with Crippen LogP contribution < -0.4 is 10.2 Å². The molecule has 2 heterocycles. The molecule has 0 unspecified atom stereocenters. The number of nitrogens with zero attached hydrogens (tertiary/aromatic N) is 6. The van der Waals surface area contributed by atoms with Gasteiger partial charge < -0.3 is 19.7 Å². The largest absolute Gasteiger partial charge is 0.368 e. The van der Waals surface area contributed by atoms with Crippen molar-refractivity contribution in [2.24, 2.45) is 12.0 Å². The molecule has 0 spiro atoms. The summed E-state index contributed by atoms with van der Waals surface area (Å²) in [6.07, 6.45) is 0. The first-order chi connectivity index (χ1) is 12.1. The quantitative estimate of drug-likeness (QED) is 0.668. The Morgan fingerprint density at radius 1 is 1.16 bits per heavy atom. The third-order valence-corrected chi connectivity index (χ3v) is 4.57. The van der Waals surface area contributed by atoms with Crippen molar-refractivity contribution in [3.63, 3.8) is 0 Å². The fraction of sp³-hybridized carbons (Fsp3) is 0.471. The number of guanidine groups is 1. The van der Waals surface area contributed by atoms with Gasteiger partial charge in [0.15, 0.2) is 11.8 Å². The molecule has 1 N–H and O–H groups in total. The Kier molecular flexibility index (Phi) is 5.16. The van der Waals surface area contributed by atoms with Crippen LogP contribution in [-0.2, 0) is 13.6 Å². The van der Waals surface area contributed by atoms with E-state index < -0.39 is 0 Å². The van der Waals surface area contributed by atoms with Crippen molar-refractivity contribution >= 4 is 11.6 Å². The van der Waals surface area contributed by atoms with Crippen LogP contribution in [0.5, 0.6) is 0 Å². The van der Waals surface area contributed by atoms with Crippen molar-refractivity contribution in [3.05, 3.63) is 41.7 Å². The third kappa shape index (κ3) is 3.89. The highest BCUT2D eigenvalue weighted by Crippen LogP contribution is 2.17. The molecule has 1 aliphatic heterocycles. The summed E-state index contributed by atoms with van der Waals surface area (Å²) in [5, 5.41) is 11.6. The minimum atomic E-state index is -0.203.